The van der Waals surface area contributed by atoms with E-state index in [2.05, 4.69) is 13.8 Å². The molecular weight excluding hydrogens is 741 g/mol. The number of ether oxygens (including phenoxy) is 6. The Morgan fingerprint density at radius 3 is 1.39 bits per heavy atom. The van der Waals surface area contributed by atoms with Crippen LogP contribution in [-0.2, 0) is 41.6 Å². The highest BCUT2D eigenvalue weighted by molar-refractivity contribution is 5.14. The quantitative estimate of drug-likeness (QED) is 0.0644. The average molecular weight is 827 g/mol. The van der Waals surface area contributed by atoms with E-state index in [4.69, 9.17) is 28.4 Å². The molecule has 1 saturated heterocycles. The van der Waals surface area contributed by atoms with E-state index in [-0.39, 0.29) is 32.5 Å². The molecule has 0 radical (unpaired) electrons. The lowest BCUT2D eigenvalue weighted by atomic mass is 9.98. The highest BCUT2D eigenvalue weighted by Crippen LogP contribution is 2.29. The van der Waals surface area contributed by atoms with Gasteiger partial charge in [0.05, 0.1) is 33.0 Å². The molecular formula is C51H86O8. The molecule has 2 aromatic carbocycles. The van der Waals surface area contributed by atoms with Gasteiger partial charge < -0.3 is 38.6 Å². The van der Waals surface area contributed by atoms with E-state index in [9.17, 15) is 10.2 Å². The number of hydrogen-bond acceptors (Lipinski definition) is 8. The molecule has 0 aromatic heterocycles. The fraction of sp³-hybridized carbons (Fsp3) is 0.765. The SMILES string of the molecule is CCCCCCCCCCCCCCOC[C@@H](CO[C@@H]1O[C@H](CO)[C@H](OCc2ccccc2)[C@H](O)[C@H]1OCc1ccccc1)OCCCCCCCCCCCCCC. The molecule has 0 bridgehead atoms. The second kappa shape index (κ2) is 35.7. The summed E-state index contributed by atoms with van der Waals surface area (Å²) in [5, 5.41) is 22.1. The van der Waals surface area contributed by atoms with Gasteiger partial charge in [0.1, 0.15) is 30.5 Å². The molecule has 2 aromatic rings. The minimum Gasteiger partial charge on any atom is -0.394 e. The molecule has 1 aliphatic heterocycles. The summed E-state index contributed by atoms with van der Waals surface area (Å²) in [7, 11) is 0. The van der Waals surface area contributed by atoms with Crippen LogP contribution in [0.1, 0.15) is 179 Å². The van der Waals surface area contributed by atoms with Gasteiger partial charge in [-0.25, -0.2) is 0 Å². The maximum atomic E-state index is 11.7. The third kappa shape index (κ3) is 24.4. The number of aliphatic hydroxyl groups is 2. The molecule has 2 N–H and O–H groups in total. The van der Waals surface area contributed by atoms with Crippen LogP contribution in [0.4, 0.5) is 0 Å². The molecule has 0 amide bonds. The fourth-order valence-electron chi connectivity index (χ4n) is 7.89. The maximum Gasteiger partial charge on any atom is 0.187 e. The summed E-state index contributed by atoms with van der Waals surface area (Å²) in [5.74, 6) is 0. The number of benzene rings is 2. The second-order valence-corrected chi connectivity index (χ2v) is 16.9. The monoisotopic (exact) mass is 827 g/mol. The van der Waals surface area contributed by atoms with Crippen molar-refractivity contribution in [3.8, 4) is 0 Å². The van der Waals surface area contributed by atoms with Crippen LogP contribution < -0.4 is 0 Å². The van der Waals surface area contributed by atoms with Gasteiger partial charge in [-0.2, -0.15) is 0 Å². The third-order valence-corrected chi connectivity index (χ3v) is 11.6. The summed E-state index contributed by atoms with van der Waals surface area (Å²) in [6, 6.07) is 19.6. The third-order valence-electron chi connectivity index (χ3n) is 11.6. The Morgan fingerprint density at radius 2 is 0.932 bits per heavy atom. The second-order valence-electron chi connectivity index (χ2n) is 16.9. The highest BCUT2D eigenvalue weighted by atomic mass is 16.7. The van der Waals surface area contributed by atoms with E-state index in [0.29, 0.717) is 19.8 Å². The van der Waals surface area contributed by atoms with E-state index in [0.717, 1.165) is 30.4 Å². The van der Waals surface area contributed by atoms with E-state index >= 15 is 0 Å². The first-order valence-electron chi connectivity index (χ1n) is 24.2. The van der Waals surface area contributed by atoms with Crippen LogP contribution in [0.3, 0.4) is 0 Å². The molecule has 0 spiro atoms. The molecule has 0 unspecified atom stereocenters. The van der Waals surface area contributed by atoms with Crippen molar-refractivity contribution >= 4 is 0 Å². The minimum absolute atomic E-state index is 0.215. The Labute approximate surface area is 360 Å². The molecule has 8 heteroatoms. The predicted octanol–water partition coefficient (Wildman–Crippen LogP) is 12.1. The van der Waals surface area contributed by atoms with Gasteiger partial charge in [0.15, 0.2) is 6.29 Å². The van der Waals surface area contributed by atoms with Crippen molar-refractivity contribution in [3.63, 3.8) is 0 Å². The normalized spacial score (nSPS) is 20.0. The molecule has 1 fully saturated rings. The minimum atomic E-state index is -1.10. The van der Waals surface area contributed by atoms with Crippen molar-refractivity contribution in [2.75, 3.05) is 33.0 Å². The van der Waals surface area contributed by atoms with Crippen molar-refractivity contribution in [2.24, 2.45) is 0 Å². The molecule has 3 rings (SSSR count). The van der Waals surface area contributed by atoms with E-state index in [1.807, 2.05) is 60.7 Å². The Kier molecular flexibility index (Phi) is 31.1. The Balaban J connectivity index is 1.49. The van der Waals surface area contributed by atoms with Crippen LogP contribution in [0.15, 0.2) is 60.7 Å². The first kappa shape index (κ1) is 51.5. The van der Waals surface area contributed by atoms with Crippen molar-refractivity contribution in [3.05, 3.63) is 71.8 Å². The predicted molar refractivity (Wildman–Crippen MR) is 240 cm³/mol. The largest absolute Gasteiger partial charge is 0.394 e. The van der Waals surface area contributed by atoms with Crippen molar-refractivity contribution in [2.45, 2.75) is 218 Å². The smallest absolute Gasteiger partial charge is 0.187 e. The molecule has 0 saturated carbocycles. The molecule has 59 heavy (non-hydrogen) atoms. The van der Waals surface area contributed by atoms with Crippen LogP contribution in [-0.4, -0.2) is 80.1 Å². The van der Waals surface area contributed by atoms with Gasteiger partial charge in [-0.1, -0.05) is 216 Å². The van der Waals surface area contributed by atoms with Gasteiger partial charge in [-0.05, 0) is 24.0 Å². The standard InChI is InChI=1S/C51H86O8/c1-3-5-7-9-11-13-15-17-19-21-23-31-37-54-42-46(55-38-32-24-22-20-18-16-14-12-10-8-6-4-2)43-58-51-50(57-41-45-35-29-26-30-36-45)48(53)49(47(39-52)59-51)56-40-44-33-27-25-28-34-44/h25-30,33-36,46-53H,3-24,31-32,37-43H2,1-2H3/t46-,47+,48-,49-,50+,51+/m0/s1. The van der Waals surface area contributed by atoms with Gasteiger partial charge >= 0.3 is 0 Å². The van der Waals surface area contributed by atoms with Crippen LogP contribution in [0, 0.1) is 0 Å². The van der Waals surface area contributed by atoms with Crippen molar-refractivity contribution in [1.29, 1.82) is 0 Å². The average Bonchev–Trinajstić information content (AvgIpc) is 3.26. The summed E-state index contributed by atoms with van der Waals surface area (Å²) >= 11 is 0. The zero-order chi connectivity index (χ0) is 41.9. The van der Waals surface area contributed by atoms with Crippen LogP contribution >= 0.6 is 0 Å². The zero-order valence-corrected chi connectivity index (χ0v) is 37.5. The van der Waals surface area contributed by atoms with E-state index in [1.165, 1.54) is 135 Å². The van der Waals surface area contributed by atoms with E-state index in [1.54, 1.807) is 0 Å². The summed E-state index contributed by atoms with van der Waals surface area (Å²) in [6.07, 6.45) is 26.5. The fourth-order valence-corrected chi connectivity index (χ4v) is 7.89. The van der Waals surface area contributed by atoms with E-state index < -0.39 is 30.7 Å². The van der Waals surface area contributed by atoms with Crippen LogP contribution in [0.5, 0.6) is 0 Å². The molecule has 8 nitrogen and oxygen atoms in total. The summed E-state index contributed by atoms with van der Waals surface area (Å²) < 4.78 is 37.9. The number of hydrogen-bond donors (Lipinski definition) is 2. The van der Waals surface area contributed by atoms with Gasteiger partial charge in [-0.3, -0.25) is 0 Å². The van der Waals surface area contributed by atoms with Gasteiger partial charge in [-0.15, -0.1) is 0 Å². The van der Waals surface area contributed by atoms with Gasteiger partial charge in [0.25, 0.3) is 0 Å². The zero-order valence-electron chi connectivity index (χ0n) is 37.5. The molecule has 6 atom stereocenters. The highest BCUT2D eigenvalue weighted by Gasteiger charge is 2.47. The molecule has 338 valence electrons. The Morgan fingerprint density at radius 1 is 0.508 bits per heavy atom. The van der Waals surface area contributed by atoms with Crippen molar-refractivity contribution in [1.82, 2.24) is 0 Å². The van der Waals surface area contributed by atoms with Crippen molar-refractivity contribution < 1.29 is 38.6 Å². The topological polar surface area (TPSA) is 95.8 Å². The van der Waals surface area contributed by atoms with Crippen LogP contribution in [0.2, 0.25) is 0 Å². The molecule has 1 aliphatic rings. The lowest BCUT2D eigenvalue weighted by Gasteiger charge is -2.43. The van der Waals surface area contributed by atoms with Crippen LogP contribution in [0.25, 0.3) is 0 Å². The summed E-state index contributed by atoms with van der Waals surface area (Å²) in [5.41, 5.74) is 1.94. The first-order valence-corrected chi connectivity index (χ1v) is 24.2. The van der Waals surface area contributed by atoms with Gasteiger partial charge in [0, 0.05) is 13.2 Å². The lowest BCUT2D eigenvalue weighted by Crippen LogP contribution is -2.61. The molecule has 1 heterocycles. The maximum absolute atomic E-state index is 11.7. The summed E-state index contributed by atoms with van der Waals surface area (Å²) in [4.78, 5) is 0. The van der Waals surface area contributed by atoms with Gasteiger partial charge in [0.2, 0.25) is 0 Å². The Bertz CT molecular complexity index is 1180. The first-order chi connectivity index (χ1) is 29.2. The number of aliphatic hydroxyl groups excluding tert-OH is 2. The number of rotatable bonds is 39. The lowest BCUT2D eigenvalue weighted by molar-refractivity contribution is -0.323. The molecule has 0 aliphatic carbocycles. The summed E-state index contributed by atoms with van der Waals surface area (Å²) in [6.45, 7) is 6.74. The number of unbranched alkanes of at least 4 members (excludes halogenated alkanes) is 22. The Hall–Kier alpha value is -1.88.